The fraction of sp³-hybridized carbons (Fsp3) is 0.625. The van der Waals surface area contributed by atoms with Crippen LogP contribution in [0.4, 0.5) is 13.2 Å². The molecule has 1 aliphatic carbocycles. The van der Waals surface area contributed by atoms with Crippen LogP contribution in [0.3, 0.4) is 0 Å². The topological polar surface area (TPSA) is 28.7 Å². The van der Waals surface area contributed by atoms with E-state index in [0.717, 1.165) is 25.3 Å². The first-order valence-electron chi connectivity index (χ1n) is 4.20. The Hall–Kier alpha value is -1.00. The summed E-state index contributed by atoms with van der Waals surface area (Å²) >= 11 is 0. The number of alkyl halides is 3. The molecule has 1 heterocycles. The molecule has 13 heavy (non-hydrogen) atoms. The van der Waals surface area contributed by atoms with Gasteiger partial charge in [-0.2, -0.15) is 18.3 Å². The fourth-order valence-corrected chi connectivity index (χ4v) is 1.41. The number of aromatic amines is 1. The third-order valence-corrected chi connectivity index (χ3v) is 2.43. The highest BCUT2D eigenvalue weighted by Gasteiger charge is 2.35. The Bertz CT molecular complexity index is 299. The minimum Gasteiger partial charge on any atom is -0.282 e. The number of nitrogens with zero attached hydrogens (tertiary/aromatic N) is 1. The summed E-state index contributed by atoms with van der Waals surface area (Å²) in [7, 11) is 0. The number of H-pyrrole nitrogens is 1. The standard InChI is InChI=1S/C8H9F3N2/c9-8(10,11)7-4-6(12-13-7)5-2-1-3-5/h4-5H,1-3H2,(H,12,13). The molecule has 0 atom stereocenters. The van der Waals surface area contributed by atoms with E-state index in [1.54, 1.807) is 0 Å². The first-order chi connectivity index (χ1) is 6.07. The van der Waals surface area contributed by atoms with Crippen molar-refractivity contribution in [3.05, 3.63) is 17.5 Å². The molecule has 0 radical (unpaired) electrons. The molecule has 0 unspecified atom stereocenters. The van der Waals surface area contributed by atoms with Crippen LogP contribution in [0.5, 0.6) is 0 Å². The van der Waals surface area contributed by atoms with Crippen LogP contribution < -0.4 is 0 Å². The van der Waals surface area contributed by atoms with Crippen LogP contribution in [0.15, 0.2) is 6.07 Å². The van der Waals surface area contributed by atoms with Gasteiger partial charge in [-0.1, -0.05) is 6.42 Å². The lowest BCUT2D eigenvalue weighted by atomic mass is 9.83. The second-order valence-corrected chi connectivity index (χ2v) is 3.33. The van der Waals surface area contributed by atoms with Crippen molar-refractivity contribution in [2.45, 2.75) is 31.4 Å². The van der Waals surface area contributed by atoms with Crippen LogP contribution in [0.25, 0.3) is 0 Å². The Morgan fingerprint density at radius 2 is 2.08 bits per heavy atom. The SMILES string of the molecule is FC(F)(F)c1cc(C2CCC2)[nH]n1. The van der Waals surface area contributed by atoms with Gasteiger partial charge in [-0.3, -0.25) is 5.10 Å². The van der Waals surface area contributed by atoms with Crippen molar-refractivity contribution in [3.63, 3.8) is 0 Å². The number of hydrogen-bond donors (Lipinski definition) is 1. The average molecular weight is 190 g/mol. The normalized spacial score (nSPS) is 18.7. The Labute approximate surface area is 73.1 Å². The second kappa shape index (κ2) is 2.75. The molecule has 1 saturated carbocycles. The highest BCUT2D eigenvalue weighted by Crippen LogP contribution is 2.37. The Morgan fingerprint density at radius 3 is 2.46 bits per heavy atom. The van der Waals surface area contributed by atoms with E-state index in [-0.39, 0.29) is 5.92 Å². The van der Waals surface area contributed by atoms with Crippen molar-refractivity contribution >= 4 is 0 Å². The van der Waals surface area contributed by atoms with Crippen molar-refractivity contribution in [1.82, 2.24) is 10.2 Å². The zero-order valence-electron chi connectivity index (χ0n) is 6.86. The molecule has 2 rings (SSSR count). The van der Waals surface area contributed by atoms with Gasteiger partial charge in [-0.05, 0) is 18.9 Å². The summed E-state index contributed by atoms with van der Waals surface area (Å²) in [6.07, 6.45) is -1.28. The van der Waals surface area contributed by atoms with E-state index in [2.05, 4.69) is 10.2 Å². The smallest absolute Gasteiger partial charge is 0.282 e. The highest BCUT2D eigenvalue weighted by molar-refractivity contribution is 5.17. The Balaban J connectivity index is 2.17. The van der Waals surface area contributed by atoms with E-state index in [0.29, 0.717) is 5.69 Å². The summed E-state index contributed by atoms with van der Waals surface area (Å²) in [5, 5.41) is 5.68. The Morgan fingerprint density at radius 1 is 1.38 bits per heavy atom. The number of hydrogen-bond acceptors (Lipinski definition) is 1. The minimum absolute atomic E-state index is 0.267. The fourth-order valence-electron chi connectivity index (χ4n) is 1.41. The van der Waals surface area contributed by atoms with E-state index in [1.165, 1.54) is 0 Å². The molecule has 1 aromatic heterocycles. The van der Waals surface area contributed by atoms with Gasteiger partial charge in [-0.25, -0.2) is 0 Å². The first-order valence-corrected chi connectivity index (χ1v) is 4.20. The largest absolute Gasteiger partial charge is 0.435 e. The van der Waals surface area contributed by atoms with Gasteiger partial charge in [-0.15, -0.1) is 0 Å². The van der Waals surface area contributed by atoms with Crippen LogP contribution in [-0.4, -0.2) is 10.2 Å². The molecule has 0 bridgehead atoms. The zero-order chi connectivity index (χ0) is 9.47. The summed E-state index contributed by atoms with van der Waals surface area (Å²) in [6.45, 7) is 0. The molecule has 72 valence electrons. The molecule has 1 N–H and O–H groups in total. The lowest BCUT2D eigenvalue weighted by molar-refractivity contribution is -0.141. The third-order valence-electron chi connectivity index (χ3n) is 2.43. The summed E-state index contributed by atoms with van der Waals surface area (Å²) in [6, 6.07) is 1.11. The predicted octanol–water partition coefficient (Wildman–Crippen LogP) is 2.70. The van der Waals surface area contributed by atoms with Crippen LogP contribution in [-0.2, 0) is 6.18 Å². The number of nitrogens with one attached hydrogen (secondary N) is 1. The quantitative estimate of drug-likeness (QED) is 0.724. The Kier molecular flexibility index (Phi) is 1.82. The lowest BCUT2D eigenvalue weighted by Gasteiger charge is -2.23. The van der Waals surface area contributed by atoms with Crippen LogP contribution in [0, 0.1) is 0 Å². The second-order valence-electron chi connectivity index (χ2n) is 3.33. The lowest BCUT2D eigenvalue weighted by Crippen LogP contribution is -2.09. The van der Waals surface area contributed by atoms with Crippen LogP contribution >= 0.6 is 0 Å². The predicted molar refractivity (Wildman–Crippen MR) is 40.2 cm³/mol. The molecule has 1 aromatic rings. The van der Waals surface area contributed by atoms with Crippen LogP contribution in [0.1, 0.15) is 36.6 Å². The molecule has 0 aromatic carbocycles. The van der Waals surface area contributed by atoms with E-state index >= 15 is 0 Å². The zero-order valence-corrected chi connectivity index (χ0v) is 6.86. The highest BCUT2D eigenvalue weighted by atomic mass is 19.4. The summed E-state index contributed by atoms with van der Waals surface area (Å²) in [5.74, 6) is 0.267. The monoisotopic (exact) mass is 190 g/mol. The molecular formula is C8H9F3N2. The molecule has 1 aliphatic rings. The van der Waals surface area contributed by atoms with E-state index < -0.39 is 11.9 Å². The third kappa shape index (κ3) is 1.55. The molecule has 5 heteroatoms. The van der Waals surface area contributed by atoms with E-state index in [4.69, 9.17) is 0 Å². The van der Waals surface area contributed by atoms with Gasteiger partial charge in [0.2, 0.25) is 0 Å². The number of rotatable bonds is 1. The summed E-state index contributed by atoms with van der Waals surface area (Å²) in [5.41, 5.74) is -0.187. The maximum absolute atomic E-state index is 12.1. The van der Waals surface area contributed by atoms with Gasteiger partial charge < -0.3 is 0 Å². The van der Waals surface area contributed by atoms with Crippen molar-refractivity contribution in [2.24, 2.45) is 0 Å². The van der Waals surface area contributed by atoms with Crippen molar-refractivity contribution in [2.75, 3.05) is 0 Å². The van der Waals surface area contributed by atoms with Crippen molar-refractivity contribution in [1.29, 1.82) is 0 Å². The summed E-state index contributed by atoms with van der Waals surface area (Å²) in [4.78, 5) is 0. The van der Waals surface area contributed by atoms with Crippen molar-refractivity contribution in [3.8, 4) is 0 Å². The van der Waals surface area contributed by atoms with Gasteiger partial charge in [0.15, 0.2) is 5.69 Å². The molecule has 0 aliphatic heterocycles. The minimum atomic E-state index is -4.32. The van der Waals surface area contributed by atoms with E-state index in [1.807, 2.05) is 0 Å². The molecule has 1 fully saturated rings. The number of halogens is 3. The van der Waals surface area contributed by atoms with Crippen molar-refractivity contribution < 1.29 is 13.2 Å². The van der Waals surface area contributed by atoms with Gasteiger partial charge >= 0.3 is 6.18 Å². The molecule has 2 nitrogen and oxygen atoms in total. The molecule has 0 amide bonds. The van der Waals surface area contributed by atoms with Gasteiger partial charge in [0.25, 0.3) is 0 Å². The molecule has 0 spiro atoms. The van der Waals surface area contributed by atoms with Gasteiger partial charge in [0.1, 0.15) is 0 Å². The van der Waals surface area contributed by atoms with E-state index in [9.17, 15) is 13.2 Å². The average Bonchev–Trinajstić information content (AvgIpc) is 2.29. The maximum atomic E-state index is 12.1. The summed E-state index contributed by atoms with van der Waals surface area (Å²) < 4.78 is 36.3. The van der Waals surface area contributed by atoms with Gasteiger partial charge in [0, 0.05) is 11.6 Å². The van der Waals surface area contributed by atoms with Gasteiger partial charge in [0.05, 0.1) is 0 Å². The molecule has 0 saturated heterocycles. The van der Waals surface area contributed by atoms with Crippen LogP contribution in [0.2, 0.25) is 0 Å². The molecular weight excluding hydrogens is 181 g/mol. The maximum Gasteiger partial charge on any atom is 0.435 e. The first kappa shape index (κ1) is 8.59. The number of aromatic nitrogens is 2.